The van der Waals surface area contributed by atoms with Crippen molar-refractivity contribution in [2.75, 3.05) is 39.4 Å². The molecule has 2 amide bonds. The minimum Gasteiger partial charge on any atom is -0.492 e. The van der Waals surface area contributed by atoms with Gasteiger partial charge in [0.25, 0.3) is 17.4 Å². The Labute approximate surface area is 191 Å². The SMILES string of the molecule is CC(C)(C)Cn1c(=O)c(C(=O)NC2CC2)c(O)n2nc(C(=O)NCCN3CCOCC3)cc12. The van der Waals surface area contributed by atoms with Crippen molar-refractivity contribution in [2.45, 2.75) is 46.2 Å². The first kappa shape index (κ1) is 23.2. The third kappa shape index (κ3) is 5.36. The van der Waals surface area contributed by atoms with Gasteiger partial charge in [-0.1, -0.05) is 20.8 Å². The lowest BCUT2D eigenvalue weighted by Crippen LogP contribution is -2.41. The number of nitrogens with one attached hydrogen (secondary N) is 2. The molecule has 1 aliphatic heterocycles. The molecule has 2 fully saturated rings. The first-order valence-corrected chi connectivity index (χ1v) is 11.4. The predicted octanol–water partition coefficient (Wildman–Crippen LogP) is 0.202. The highest BCUT2D eigenvalue weighted by atomic mass is 16.5. The van der Waals surface area contributed by atoms with E-state index in [2.05, 4.69) is 20.6 Å². The highest BCUT2D eigenvalue weighted by molar-refractivity contribution is 5.97. The standard InChI is InChI=1S/C22H32N6O5/c1-22(2,3)13-27-16-12-15(18(29)23-6-7-26-8-10-33-11-9-26)25-28(16)21(32)17(20(27)31)19(30)24-14-4-5-14/h12,14,32H,4-11,13H2,1-3H3,(H,23,29)(H,24,30). The number of amides is 2. The van der Waals surface area contributed by atoms with Gasteiger partial charge in [0.1, 0.15) is 5.65 Å². The molecular weight excluding hydrogens is 428 g/mol. The Balaban J connectivity index is 1.63. The van der Waals surface area contributed by atoms with E-state index in [9.17, 15) is 19.5 Å². The summed E-state index contributed by atoms with van der Waals surface area (Å²) in [5, 5.41) is 20.6. The number of aromatic hydroxyl groups is 1. The van der Waals surface area contributed by atoms with Crippen LogP contribution in [0.2, 0.25) is 0 Å². The van der Waals surface area contributed by atoms with Crippen molar-refractivity contribution in [3.8, 4) is 5.88 Å². The lowest BCUT2D eigenvalue weighted by atomic mass is 9.97. The Bertz CT molecular complexity index is 1110. The van der Waals surface area contributed by atoms with Crippen LogP contribution in [0.1, 0.15) is 54.5 Å². The van der Waals surface area contributed by atoms with E-state index in [0.29, 0.717) is 26.3 Å². The monoisotopic (exact) mass is 460 g/mol. The summed E-state index contributed by atoms with van der Waals surface area (Å²) >= 11 is 0. The molecule has 1 saturated carbocycles. The van der Waals surface area contributed by atoms with Gasteiger partial charge in [0.15, 0.2) is 11.3 Å². The highest BCUT2D eigenvalue weighted by Gasteiger charge is 2.30. The molecule has 11 heteroatoms. The molecule has 0 bridgehead atoms. The lowest BCUT2D eigenvalue weighted by Gasteiger charge is -2.26. The summed E-state index contributed by atoms with van der Waals surface area (Å²) < 4.78 is 7.83. The first-order chi connectivity index (χ1) is 15.6. The maximum atomic E-state index is 13.2. The van der Waals surface area contributed by atoms with Crippen LogP contribution in [0.15, 0.2) is 10.9 Å². The molecule has 2 aromatic rings. The van der Waals surface area contributed by atoms with E-state index in [4.69, 9.17) is 4.74 Å². The van der Waals surface area contributed by atoms with Gasteiger partial charge in [0.05, 0.1) is 13.2 Å². The number of fused-ring (bicyclic) bond motifs is 1. The van der Waals surface area contributed by atoms with E-state index in [0.717, 1.165) is 30.4 Å². The average molecular weight is 461 g/mol. The second-order valence-corrected chi connectivity index (χ2v) is 9.91. The number of ether oxygens (including phenoxy) is 1. The maximum Gasteiger partial charge on any atom is 0.271 e. The van der Waals surface area contributed by atoms with Gasteiger partial charge in [0.2, 0.25) is 5.88 Å². The Hall–Kier alpha value is -2.92. The van der Waals surface area contributed by atoms with Crippen molar-refractivity contribution in [2.24, 2.45) is 5.41 Å². The van der Waals surface area contributed by atoms with Gasteiger partial charge in [0, 0.05) is 44.8 Å². The van der Waals surface area contributed by atoms with E-state index in [1.54, 1.807) is 0 Å². The third-order valence-electron chi connectivity index (χ3n) is 5.67. The number of hydrogen-bond donors (Lipinski definition) is 3. The third-order valence-corrected chi connectivity index (χ3v) is 5.67. The normalized spacial score (nSPS) is 17.3. The highest BCUT2D eigenvalue weighted by Crippen LogP contribution is 2.24. The minimum atomic E-state index is -0.628. The van der Waals surface area contributed by atoms with Crippen LogP contribution in [0.5, 0.6) is 5.88 Å². The Morgan fingerprint density at radius 1 is 1.21 bits per heavy atom. The summed E-state index contributed by atoms with van der Waals surface area (Å²) in [6, 6.07) is 1.49. The quantitative estimate of drug-likeness (QED) is 0.538. The van der Waals surface area contributed by atoms with Gasteiger partial charge in [-0.25, -0.2) is 0 Å². The van der Waals surface area contributed by atoms with Crippen LogP contribution in [0.4, 0.5) is 0 Å². The first-order valence-electron chi connectivity index (χ1n) is 11.4. The van der Waals surface area contributed by atoms with E-state index in [1.165, 1.54) is 10.6 Å². The number of hydrogen-bond acceptors (Lipinski definition) is 7. The smallest absolute Gasteiger partial charge is 0.271 e. The molecule has 33 heavy (non-hydrogen) atoms. The molecular formula is C22H32N6O5. The molecule has 0 atom stereocenters. The number of morpholine rings is 1. The predicted molar refractivity (Wildman–Crippen MR) is 121 cm³/mol. The molecule has 0 aromatic carbocycles. The summed E-state index contributed by atoms with van der Waals surface area (Å²) in [6.45, 7) is 10.3. The van der Waals surface area contributed by atoms with E-state index >= 15 is 0 Å². The molecule has 1 saturated heterocycles. The topological polar surface area (TPSA) is 130 Å². The van der Waals surface area contributed by atoms with Crippen LogP contribution in [-0.2, 0) is 11.3 Å². The van der Waals surface area contributed by atoms with Crippen LogP contribution in [-0.4, -0.2) is 81.4 Å². The van der Waals surface area contributed by atoms with Crippen molar-refractivity contribution >= 4 is 17.5 Å². The van der Waals surface area contributed by atoms with Crippen molar-refractivity contribution in [1.82, 2.24) is 29.7 Å². The van der Waals surface area contributed by atoms with Crippen LogP contribution < -0.4 is 16.2 Å². The molecule has 180 valence electrons. The fourth-order valence-electron chi connectivity index (χ4n) is 3.82. The van der Waals surface area contributed by atoms with Crippen LogP contribution in [0, 0.1) is 5.41 Å². The van der Waals surface area contributed by atoms with E-state index in [-0.39, 0.29) is 34.9 Å². The fraction of sp³-hybridized carbons (Fsp3) is 0.636. The summed E-state index contributed by atoms with van der Waals surface area (Å²) in [5.74, 6) is -1.60. The Kier molecular flexibility index (Phi) is 6.44. The molecule has 0 radical (unpaired) electrons. The Morgan fingerprint density at radius 3 is 2.55 bits per heavy atom. The molecule has 0 spiro atoms. The zero-order chi connectivity index (χ0) is 23.8. The summed E-state index contributed by atoms with van der Waals surface area (Å²) in [4.78, 5) is 40.9. The van der Waals surface area contributed by atoms with E-state index < -0.39 is 23.3 Å². The summed E-state index contributed by atoms with van der Waals surface area (Å²) in [7, 11) is 0. The molecule has 0 unspecified atom stereocenters. The fourth-order valence-corrected chi connectivity index (χ4v) is 3.82. The van der Waals surface area contributed by atoms with Gasteiger partial charge in [-0.3, -0.25) is 23.9 Å². The average Bonchev–Trinajstić information content (AvgIpc) is 3.44. The maximum absolute atomic E-state index is 13.2. The molecule has 11 nitrogen and oxygen atoms in total. The molecule has 3 heterocycles. The van der Waals surface area contributed by atoms with E-state index in [1.807, 2.05) is 20.8 Å². The molecule has 2 aliphatic rings. The zero-order valence-electron chi connectivity index (χ0n) is 19.4. The largest absolute Gasteiger partial charge is 0.492 e. The van der Waals surface area contributed by atoms with Crippen molar-refractivity contribution < 1.29 is 19.4 Å². The van der Waals surface area contributed by atoms with Crippen molar-refractivity contribution in [3.05, 3.63) is 27.7 Å². The van der Waals surface area contributed by atoms with Gasteiger partial charge < -0.3 is 20.5 Å². The summed E-state index contributed by atoms with van der Waals surface area (Å²) in [6.07, 6.45) is 1.70. The molecule has 2 aromatic heterocycles. The van der Waals surface area contributed by atoms with Crippen LogP contribution in [0.3, 0.4) is 0 Å². The van der Waals surface area contributed by atoms with Gasteiger partial charge in [-0.2, -0.15) is 9.61 Å². The van der Waals surface area contributed by atoms with Crippen molar-refractivity contribution in [3.63, 3.8) is 0 Å². The Morgan fingerprint density at radius 2 is 1.91 bits per heavy atom. The van der Waals surface area contributed by atoms with Crippen molar-refractivity contribution in [1.29, 1.82) is 0 Å². The van der Waals surface area contributed by atoms with Gasteiger partial charge in [-0.05, 0) is 18.3 Å². The van der Waals surface area contributed by atoms with Gasteiger partial charge in [-0.15, -0.1) is 0 Å². The number of aromatic nitrogens is 3. The van der Waals surface area contributed by atoms with Crippen LogP contribution >= 0.6 is 0 Å². The number of carbonyl (C=O) groups excluding carboxylic acids is 2. The molecule has 1 aliphatic carbocycles. The second kappa shape index (κ2) is 9.14. The molecule has 4 rings (SSSR count). The number of nitrogens with zero attached hydrogens (tertiary/aromatic N) is 4. The second-order valence-electron chi connectivity index (χ2n) is 9.91. The minimum absolute atomic E-state index is 0.0217. The lowest BCUT2D eigenvalue weighted by molar-refractivity contribution is 0.0383. The van der Waals surface area contributed by atoms with Crippen LogP contribution in [0.25, 0.3) is 5.65 Å². The number of carbonyl (C=O) groups is 2. The van der Waals surface area contributed by atoms with Gasteiger partial charge >= 0.3 is 0 Å². The zero-order valence-corrected chi connectivity index (χ0v) is 19.4. The number of rotatable bonds is 7. The summed E-state index contributed by atoms with van der Waals surface area (Å²) in [5.41, 5.74) is -0.938. The molecule has 3 N–H and O–H groups in total.